The van der Waals surface area contributed by atoms with Crippen LogP contribution in [0.25, 0.3) is 6.08 Å². The molecular weight excluding hydrogens is 585 g/mol. The van der Waals surface area contributed by atoms with Crippen LogP contribution in [0.15, 0.2) is 150 Å². The van der Waals surface area contributed by atoms with E-state index in [0.717, 1.165) is 16.3 Å². The largest absolute Gasteiger partial charge is 0.321 e. The van der Waals surface area contributed by atoms with Gasteiger partial charge in [-0.1, -0.05) is 72.8 Å². The van der Waals surface area contributed by atoms with Gasteiger partial charge in [-0.15, -0.1) is 11.8 Å². The van der Waals surface area contributed by atoms with Gasteiger partial charge < -0.3 is 10.6 Å². The zero-order valence-electron chi connectivity index (χ0n) is 24.4. The molecule has 224 valence electrons. The highest BCUT2D eigenvalue weighted by molar-refractivity contribution is 8.00. The smallest absolute Gasteiger partial charge is 0.272 e. The molecule has 8 heteroatoms. The maximum atomic E-state index is 13.8. The molecular formula is C37H30FN3O3S. The van der Waals surface area contributed by atoms with Gasteiger partial charge in [-0.3, -0.25) is 19.3 Å². The Labute approximate surface area is 265 Å². The number of amides is 3. The lowest BCUT2D eigenvalue weighted by atomic mass is 10.1. The van der Waals surface area contributed by atoms with Gasteiger partial charge in [0.25, 0.3) is 11.8 Å². The summed E-state index contributed by atoms with van der Waals surface area (Å²) in [5.74, 6) is -1.53. The van der Waals surface area contributed by atoms with Crippen molar-refractivity contribution >= 4 is 52.6 Å². The summed E-state index contributed by atoms with van der Waals surface area (Å²) in [6, 6.07) is 40.2. The Morgan fingerprint density at radius 2 is 1.31 bits per heavy atom. The van der Waals surface area contributed by atoms with Crippen LogP contribution in [0.4, 0.5) is 21.5 Å². The van der Waals surface area contributed by atoms with Gasteiger partial charge in [0, 0.05) is 27.5 Å². The van der Waals surface area contributed by atoms with Crippen LogP contribution < -0.4 is 15.5 Å². The second-order valence-corrected chi connectivity index (χ2v) is 11.4. The molecule has 6 nitrogen and oxygen atoms in total. The van der Waals surface area contributed by atoms with E-state index in [4.69, 9.17) is 0 Å². The summed E-state index contributed by atoms with van der Waals surface area (Å²) in [5.41, 5.74) is 2.91. The second kappa shape index (κ2) is 14.8. The number of hydrogen-bond donors (Lipinski definition) is 2. The van der Waals surface area contributed by atoms with Crippen LogP contribution in [0.3, 0.4) is 0 Å². The molecule has 0 aromatic heterocycles. The molecule has 5 rings (SSSR count). The molecule has 0 aliphatic heterocycles. The predicted molar refractivity (Wildman–Crippen MR) is 179 cm³/mol. The minimum absolute atomic E-state index is 0.0153. The topological polar surface area (TPSA) is 78.5 Å². The third-order valence-corrected chi connectivity index (χ3v) is 7.79. The fourth-order valence-electron chi connectivity index (χ4n) is 4.51. The first kappa shape index (κ1) is 31.0. The Bertz CT molecular complexity index is 1760. The number of nitrogens with one attached hydrogen (secondary N) is 2. The van der Waals surface area contributed by atoms with Gasteiger partial charge in [0.15, 0.2) is 0 Å². The van der Waals surface area contributed by atoms with Crippen molar-refractivity contribution in [2.45, 2.75) is 17.1 Å². The first-order valence-electron chi connectivity index (χ1n) is 14.2. The minimum Gasteiger partial charge on any atom is -0.321 e. The molecule has 0 spiro atoms. The van der Waals surface area contributed by atoms with E-state index >= 15 is 0 Å². The number of nitrogens with zero attached hydrogens (tertiary/aromatic N) is 1. The number of anilines is 3. The first-order chi connectivity index (χ1) is 21.9. The Morgan fingerprint density at radius 3 is 1.91 bits per heavy atom. The van der Waals surface area contributed by atoms with Crippen LogP contribution in [0, 0.1) is 5.82 Å². The molecule has 0 saturated heterocycles. The van der Waals surface area contributed by atoms with E-state index in [1.807, 2.05) is 73.7 Å². The molecule has 0 radical (unpaired) electrons. The fourth-order valence-corrected chi connectivity index (χ4v) is 5.47. The first-order valence-corrected chi connectivity index (χ1v) is 15.1. The number of rotatable bonds is 10. The van der Waals surface area contributed by atoms with Gasteiger partial charge in [0.1, 0.15) is 11.5 Å². The molecule has 1 unspecified atom stereocenters. The van der Waals surface area contributed by atoms with Gasteiger partial charge in [-0.2, -0.15) is 0 Å². The Balaban J connectivity index is 1.34. The summed E-state index contributed by atoms with van der Waals surface area (Å²) < 4.78 is 13.5. The average Bonchev–Trinajstić information content (AvgIpc) is 3.07. The molecule has 1 atom stereocenters. The van der Waals surface area contributed by atoms with Gasteiger partial charge in [-0.05, 0) is 85.3 Å². The highest BCUT2D eigenvalue weighted by Crippen LogP contribution is 2.32. The Kier molecular flexibility index (Phi) is 10.2. The van der Waals surface area contributed by atoms with E-state index in [1.54, 1.807) is 53.4 Å². The summed E-state index contributed by atoms with van der Waals surface area (Å²) >= 11 is 1.37. The zero-order chi connectivity index (χ0) is 31.6. The zero-order valence-corrected chi connectivity index (χ0v) is 25.2. The normalized spacial score (nSPS) is 11.7. The summed E-state index contributed by atoms with van der Waals surface area (Å²) in [7, 11) is 0. The number of carbonyl (C=O) groups is 3. The van der Waals surface area contributed by atoms with E-state index in [2.05, 4.69) is 10.6 Å². The van der Waals surface area contributed by atoms with Crippen LogP contribution in [0.1, 0.15) is 22.8 Å². The van der Waals surface area contributed by atoms with Crippen LogP contribution in [-0.2, 0) is 9.59 Å². The van der Waals surface area contributed by atoms with Crippen molar-refractivity contribution < 1.29 is 18.8 Å². The molecule has 0 aliphatic rings. The quantitative estimate of drug-likeness (QED) is 0.123. The summed E-state index contributed by atoms with van der Waals surface area (Å²) in [4.78, 5) is 42.6. The third-order valence-electron chi connectivity index (χ3n) is 6.71. The van der Waals surface area contributed by atoms with Crippen LogP contribution in [0.2, 0.25) is 0 Å². The molecule has 5 aromatic rings. The van der Waals surface area contributed by atoms with Gasteiger partial charge in [-0.25, -0.2) is 4.39 Å². The fraction of sp³-hybridized carbons (Fsp3) is 0.0541. The van der Waals surface area contributed by atoms with Crippen LogP contribution in [0.5, 0.6) is 0 Å². The molecule has 3 amide bonds. The summed E-state index contributed by atoms with van der Waals surface area (Å²) in [5, 5.41) is 5.06. The Hall–Kier alpha value is -5.47. The van der Waals surface area contributed by atoms with Crippen molar-refractivity contribution in [3.8, 4) is 0 Å². The van der Waals surface area contributed by atoms with E-state index in [0.29, 0.717) is 16.8 Å². The minimum atomic E-state index is -0.561. The highest BCUT2D eigenvalue weighted by atomic mass is 32.2. The third kappa shape index (κ3) is 8.34. The van der Waals surface area contributed by atoms with Gasteiger partial charge in [0.05, 0.1) is 5.25 Å². The predicted octanol–water partition coefficient (Wildman–Crippen LogP) is 8.08. The highest BCUT2D eigenvalue weighted by Gasteiger charge is 2.24. The van der Waals surface area contributed by atoms with Crippen LogP contribution >= 0.6 is 11.8 Å². The van der Waals surface area contributed by atoms with Gasteiger partial charge in [0.2, 0.25) is 5.91 Å². The number of carbonyl (C=O) groups excluding carboxylic acids is 3. The maximum Gasteiger partial charge on any atom is 0.272 e. The van der Waals surface area contributed by atoms with Crippen LogP contribution in [-0.4, -0.2) is 23.0 Å². The number of benzene rings is 5. The maximum absolute atomic E-state index is 13.8. The number of para-hydroxylation sites is 2. The van der Waals surface area contributed by atoms with E-state index in [9.17, 15) is 18.8 Å². The van der Waals surface area contributed by atoms with Gasteiger partial charge >= 0.3 is 0 Å². The molecule has 0 saturated carbocycles. The SMILES string of the molecule is CC(Sc1cccc(NC(=O)/C(=C/c2ccc(F)cc2)NC(=O)c2ccccc2)c1)C(=O)N(c1ccccc1)c1ccccc1. The van der Waals surface area contributed by atoms with Crippen molar-refractivity contribution in [3.05, 3.63) is 162 Å². The summed E-state index contributed by atoms with van der Waals surface area (Å²) in [6.45, 7) is 1.85. The molecule has 0 fully saturated rings. The molecule has 0 bridgehead atoms. The van der Waals surface area contributed by atoms with Crippen molar-refractivity contribution in [1.82, 2.24) is 5.32 Å². The number of hydrogen-bond acceptors (Lipinski definition) is 4. The number of thioether (sulfide) groups is 1. The van der Waals surface area contributed by atoms with Crippen molar-refractivity contribution in [3.63, 3.8) is 0 Å². The van der Waals surface area contributed by atoms with E-state index in [-0.39, 0.29) is 11.6 Å². The molecule has 2 N–H and O–H groups in total. The summed E-state index contributed by atoms with van der Waals surface area (Å²) in [6.07, 6.45) is 1.48. The van der Waals surface area contributed by atoms with E-state index in [1.165, 1.54) is 42.1 Å². The van der Waals surface area contributed by atoms with E-state index < -0.39 is 22.9 Å². The molecule has 0 heterocycles. The van der Waals surface area contributed by atoms with Crippen molar-refractivity contribution in [1.29, 1.82) is 0 Å². The second-order valence-electron chi connectivity index (χ2n) is 10.0. The molecule has 45 heavy (non-hydrogen) atoms. The monoisotopic (exact) mass is 615 g/mol. The average molecular weight is 616 g/mol. The number of halogens is 1. The van der Waals surface area contributed by atoms with Crippen molar-refractivity contribution in [2.24, 2.45) is 0 Å². The Morgan fingerprint density at radius 1 is 0.733 bits per heavy atom. The lowest BCUT2D eigenvalue weighted by Crippen LogP contribution is -2.32. The standard InChI is InChI=1S/C37H30FN3O3S/c1-26(37(44)41(31-15-7-3-8-16-31)32-17-9-4-10-18-32)45-33-19-11-14-30(25-33)39-36(43)34(24-27-20-22-29(38)23-21-27)40-35(42)28-12-5-2-6-13-28/h2-26H,1H3,(H,39,43)(H,40,42)/b34-24-. The van der Waals surface area contributed by atoms with Crippen molar-refractivity contribution in [2.75, 3.05) is 10.2 Å². The lowest BCUT2D eigenvalue weighted by Gasteiger charge is -2.26. The lowest BCUT2D eigenvalue weighted by molar-refractivity contribution is -0.117. The molecule has 5 aromatic carbocycles. The molecule has 0 aliphatic carbocycles.